The minimum atomic E-state index is -0.279. The van der Waals surface area contributed by atoms with Crippen LogP contribution < -0.4 is 4.74 Å². The number of rotatable bonds is 5. The van der Waals surface area contributed by atoms with E-state index in [4.69, 9.17) is 16.3 Å². The van der Waals surface area contributed by atoms with Crippen molar-refractivity contribution < 1.29 is 9.53 Å². The summed E-state index contributed by atoms with van der Waals surface area (Å²) in [5, 5.41) is 1.38. The highest BCUT2D eigenvalue weighted by Gasteiger charge is 2.44. The third kappa shape index (κ3) is 4.14. The monoisotopic (exact) mass is 380 g/mol. The molecule has 1 aliphatic carbocycles. The van der Waals surface area contributed by atoms with Crippen LogP contribution in [0.25, 0.3) is 0 Å². The van der Waals surface area contributed by atoms with Crippen LogP contribution in [0.15, 0.2) is 23.2 Å². The summed E-state index contributed by atoms with van der Waals surface area (Å²) in [6, 6.07) is 5.06. The number of methoxy groups -OCH3 is 1. The predicted molar refractivity (Wildman–Crippen MR) is 105 cm³/mol. The molecule has 0 bridgehead atoms. The number of amides is 1. The lowest BCUT2D eigenvalue weighted by Crippen LogP contribution is -2.31. The lowest BCUT2D eigenvalue weighted by Gasteiger charge is -2.21. The zero-order valence-corrected chi connectivity index (χ0v) is 16.5. The Hall–Kier alpha value is -1.20. The SMILES string of the molecule is CCCCN1CC2(CCCC2)SC1=NC(=O)c1cc(Cl)ccc1OC. The largest absolute Gasteiger partial charge is 0.496 e. The molecule has 6 heteroatoms. The Morgan fingerprint density at radius 1 is 1.40 bits per heavy atom. The van der Waals surface area contributed by atoms with Crippen molar-refractivity contribution in [3.05, 3.63) is 28.8 Å². The number of carbonyl (C=O) groups excluding carboxylic acids is 1. The summed E-state index contributed by atoms with van der Waals surface area (Å²) in [6.45, 7) is 4.16. The van der Waals surface area contributed by atoms with Gasteiger partial charge in [-0.05, 0) is 37.5 Å². The van der Waals surface area contributed by atoms with Crippen molar-refractivity contribution in [2.24, 2.45) is 4.99 Å². The summed E-state index contributed by atoms with van der Waals surface area (Å²) >= 11 is 7.86. The van der Waals surface area contributed by atoms with Gasteiger partial charge in [-0.25, -0.2) is 0 Å². The van der Waals surface area contributed by atoms with Gasteiger partial charge < -0.3 is 9.64 Å². The highest BCUT2D eigenvalue weighted by atomic mass is 35.5. The zero-order chi connectivity index (χ0) is 17.9. The van der Waals surface area contributed by atoms with Gasteiger partial charge in [0.15, 0.2) is 5.17 Å². The molecule has 2 aliphatic rings. The van der Waals surface area contributed by atoms with Gasteiger partial charge in [-0.1, -0.05) is 49.5 Å². The number of aliphatic imine (C=N–C) groups is 1. The number of thioether (sulfide) groups is 1. The normalized spacial score (nSPS) is 20.6. The third-order valence-corrected chi connectivity index (χ3v) is 6.68. The molecule has 1 amide bonds. The summed E-state index contributed by atoms with van der Waals surface area (Å²) < 4.78 is 5.56. The molecular weight excluding hydrogens is 356 g/mol. The van der Waals surface area contributed by atoms with Crippen LogP contribution >= 0.6 is 23.4 Å². The van der Waals surface area contributed by atoms with Crippen LogP contribution in [0.5, 0.6) is 5.75 Å². The first-order valence-electron chi connectivity index (χ1n) is 8.97. The van der Waals surface area contributed by atoms with Gasteiger partial charge in [0.1, 0.15) is 5.75 Å². The predicted octanol–water partition coefficient (Wildman–Crippen LogP) is 5.01. The third-order valence-electron chi connectivity index (χ3n) is 4.94. The van der Waals surface area contributed by atoms with E-state index in [9.17, 15) is 4.79 Å². The van der Waals surface area contributed by atoms with Gasteiger partial charge in [0.25, 0.3) is 5.91 Å². The van der Waals surface area contributed by atoms with E-state index in [1.807, 2.05) is 0 Å². The standard InChI is InChI=1S/C19H25ClN2O2S/c1-3-4-11-22-13-19(9-5-6-10-19)25-18(22)21-17(23)15-12-14(20)7-8-16(15)24-2/h7-8,12H,3-6,9-11,13H2,1-2H3. The van der Waals surface area contributed by atoms with Gasteiger partial charge in [-0.15, -0.1) is 0 Å². The maximum atomic E-state index is 12.8. The number of amidine groups is 1. The number of halogens is 1. The van der Waals surface area contributed by atoms with Gasteiger partial charge in [0.05, 0.1) is 12.7 Å². The topological polar surface area (TPSA) is 41.9 Å². The second-order valence-electron chi connectivity index (χ2n) is 6.81. The average Bonchev–Trinajstić information content (AvgIpc) is 3.19. The second kappa shape index (κ2) is 8.00. The van der Waals surface area contributed by atoms with Crippen molar-refractivity contribution in [1.82, 2.24) is 4.90 Å². The van der Waals surface area contributed by atoms with E-state index in [1.165, 1.54) is 25.7 Å². The van der Waals surface area contributed by atoms with Gasteiger partial charge >= 0.3 is 0 Å². The van der Waals surface area contributed by atoms with E-state index in [1.54, 1.807) is 37.1 Å². The van der Waals surface area contributed by atoms with Gasteiger partial charge in [-0.3, -0.25) is 4.79 Å². The first-order chi connectivity index (χ1) is 12.1. The Morgan fingerprint density at radius 2 is 2.16 bits per heavy atom. The van der Waals surface area contributed by atoms with Crippen molar-refractivity contribution in [2.45, 2.75) is 50.2 Å². The molecule has 0 atom stereocenters. The molecule has 0 aromatic heterocycles. The number of benzene rings is 1. The van der Waals surface area contributed by atoms with Crippen molar-refractivity contribution in [2.75, 3.05) is 20.2 Å². The summed E-state index contributed by atoms with van der Waals surface area (Å²) in [5.74, 6) is 0.232. The van der Waals surface area contributed by atoms with E-state index >= 15 is 0 Å². The molecule has 1 aromatic carbocycles. The summed E-state index contributed by atoms with van der Waals surface area (Å²) in [5.41, 5.74) is 0.422. The van der Waals surface area contributed by atoms with Crippen LogP contribution in [0.1, 0.15) is 55.8 Å². The lowest BCUT2D eigenvalue weighted by molar-refractivity contribution is 0.0999. The fourth-order valence-corrected chi connectivity index (χ4v) is 5.28. The number of ether oxygens (including phenoxy) is 1. The van der Waals surface area contributed by atoms with Crippen molar-refractivity contribution in [3.63, 3.8) is 0 Å². The second-order valence-corrected chi connectivity index (χ2v) is 8.68. The van der Waals surface area contributed by atoms with Gasteiger partial charge in [0.2, 0.25) is 0 Å². The molecule has 1 aromatic rings. The number of hydrogen-bond donors (Lipinski definition) is 0. The first kappa shape index (κ1) is 18.6. The fourth-order valence-electron chi connectivity index (χ4n) is 3.60. The van der Waals surface area contributed by atoms with Crippen molar-refractivity contribution in [1.29, 1.82) is 0 Å². The Labute approximate surface area is 159 Å². The lowest BCUT2D eigenvalue weighted by atomic mass is 10.1. The fraction of sp³-hybridized carbons (Fsp3) is 0.579. The van der Waals surface area contributed by atoms with Crippen LogP contribution in [0.3, 0.4) is 0 Å². The molecule has 0 N–H and O–H groups in total. The minimum absolute atomic E-state index is 0.255. The Bertz CT molecular complexity index is 671. The Kier molecular flexibility index (Phi) is 5.95. The molecule has 1 heterocycles. The summed E-state index contributed by atoms with van der Waals surface area (Å²) in [7, 11) is 1.55. The maximum absolute atomic E-state index is 12.8. The van der Waals surface area contributed by atoms with Crippen LogP contribution in [0.2, 0.25) is 5.02 Å². The van der Waals surface area contributed by atoms with Crippen LogP contribution in [0.4, 0.5) is 0 Å². The highest BCUT2D eigenvalue weighted by Crippen LogP contribution is 2.48. The molecule has 1 saturated carbocycles. The molecule has 136 valence electrons. The van der Waals surface area contributed by atoms with E-state index < -0.39 is 0 Å². The average molecular weight is 381 g/mol. The highest BCUT2D eigenvalue weighted by molar-refractivity contribution is 8.15. The molecule has 3 rings (SSSR count). The molecular formula is C19H25ClN2O2S. The van der Waals surface area contributed by atoms with E-state index in [2.05, 4.69) is 16.8 Å². The number of hydrogen-bond acceptors (Lipinski definition) is 3. The molecule has 1 spiro atoms. The quantitative estimate of drug-likeness (QED) is 0.720. The number of unbranched alkanes of at least 4 members (excludes halogenated alkanes) is 1. The molecule has 4 nitrogen and oxygen atoms in total. The van der Waals surface area contributed by atoms with E-state index in [0.717, 1.165) is 31.1 Å². The van der Waals surface area contributed by atoms with E-state index in [0.29, 0.717) is 16.3 Å². The summed E-state index contributed by atoms with van der Waals surface area (Å²) in [4.78, 5) is 19.6. The number of carbonyl (C=O) groups is 1. The van der Waals surface area contributed by atoms with Crippen LogP contribution in [-0.2, 0) is 0 Å². The Balaban J connectivity index is 1.86. The van der Waals surface area contributed by atoms with E-state index in [-0.39, 0.29) is 10.7 Å². The molecule has 0 radical (unpaired) electrons. The first-order valence-corrected chi connectivity index (χ1v) is 10.2. The minimum Gasteiger partial charge on any atom is -0.496 e. The maximum Gasteiger partial charge on any atom is 0.283 e. The molecule has 1 aliphatic heterocycles. The number of nitrogens with zero attached hydrogens (tertiary/aromatic N) is 2. The molecule has 1 saturated heterocycles. The summed E-state index contributed by atoms with van der Waals surface area (Å²) in [6.07, 6.45) is 7.24. The molecule has 25 heavy (non-hydrogen) atoms. The van der Waals surface area contributed by atoms with Crippen LogP contribution in [0, 0.1) is 0 Å². The zero-order valence-electron chi connectivity index (χ0n) is 14.9. The van der Waals surface area contributed by atoms with Crippen LogP contribution in [-0.4, -0.2) is 40.9 Å². The van der Waals surface area contributed by atoms with Gasteiger partial charge in [0, 0.05) is 22.9 Å². The van der Waals surface area contributed by atoms with Crippen molar-refractivity contribution >= 4 is 34.4 Å². The van der Waals surface area contributed by atoms with Crippen molar-refractivity contribution in [3.8, 4) is 5.75 Å². The van der Waals surface area contributed by atoms with Gasteiger partial charge in [-0.2, -0.15) is 4.99 Å². The smallest absolute Gasteiger partial charge is 0.283 e. The Morgan fingerprint density at radius 3 is 2.84 bits per heavy atom. The molecule has 2 fully saturated rings. The molecule has 0 unspecified atom stereocenters.